The number of hydrogen-bond donors (Lipinski definition) is 1. The molecule has 2 fully saturated rings. The summed E-state index contributed by atoms with van der Waals surface area (Å²) < 4.78 is 25.0. The number of piperidine rings is 1. The highest BCUT2D eigenvalue weighted by atomic mass is 32.2. The van der Waals surface area contributed by atoms with Gasteiger partial charge in [0.1, 0.15) is 12.1 Å². The summed E-state index contributed by atoms with van der Waals surface area (Å²) in [4.78, 5) is 26.2. The molecule has 2 heterocycles. The van der Waals surface area contributed by atoms with Gasteiger partial charge in [-0.25, -0.2) is 8.42 Å². The second kappa shape index (κ2) is 6.31. The normalized spacial score (nSPS) is 28.3. The second-order valence-corrected chi connectivity index (χ2v) is 7.57. The van der Waals surface area contributed by atoms with Crippen molar-refractivity contribution in [3.63, 3.8) is 0 Å². The minimum absolute atomic E-state index is 0.154. The minimum atomic E-state index is -3.41. The lowest BCUT2D eigenvalue weighted by Gasteiger charge is -2.40. The third-order valence-corrected chi connectivity index (χ3v) is 5.45. The quantitative estimate of drug-likeness (QED) is 0.763. The summed E-state index contributed by atoms with van der Waals surface area (Å²) in [5.74, 6) is -0.388. The number of sulfonamides is 1. The molecule has 2 unspecified atom stereocenters. The van der Waals surface area contributed by atoms with Gasteiger partial charge in [0.05, 0.1) is 6.26 Å². The molecule has 0 aromatic rings. The predicted molar refractivity (Wildman–Crippen MR) is 78.0 cm³/mol. The van der Waals surface area contributed by atoms with Gasteiger partial charge in [-0.2, -0.15) is 4.31 Å². The SMILES string of the molecule is CCC1C(=O)NCCN1C(=O)C1CCCCN1S(C)(=O)=O. The molecular weight excluding hydrogens is 294 g/mol. The Morgan fingerprint density at radius 2 is 2.05 bits per heavy atom. The van der Waals surface area contributed by atoms with Crippen molar-refractivity contribution in [1.82, 2.24) is 14.5 Å². The van der Waals surface area contributed by atoms with Gasteiger partial charge in [0.15, 0.2) is 0 Å². The van der Waals surface area contributed by atoms with Crippen LogP contribution in [0.4, 0.5) is 0 Å². The van der Waals surface area contributed by atoms with Crippen LogP contribution in [0, 0.1) is 0 Å². The zero-order valence-electron chi connectivity index (χ0n) is 12.5. The molecule has 2 aliphatic heterocycles. The van der Waals surface area contributed by atoms with Crippen LogP contribution < -0.4 is 5.32 Å². The molecule has 2 saturated heterocycles. The van der Waals surface area contributed by atoms with Crippen LogP contribution >= 0.6 is 0 Å². The van der Waals surface area contributed by atoms with E-state index in [0.29, 0.717) is 32.5 Å². The number of amides is 2. The number of nitrogens with one attached hydrogen (secondary N) is 1. The number of rotatable bonds is 3. The Kier molecular flexibility index (Phi) is 4.88. The van der Waals surface area contributed by atoms with Crippen molar-refractivity contribution in [2.45, 2.75) is 44.7 Å². The largest absolute Gasteiger partial charge is 0.353 e. The Morgan fingerprint density at radius 1 is 1.33 bits per heavy atom. The van der Waals surface area contributed by atoms with E-state index in [-0.39, 0.29) is 11.8 Å². The maximum Gasteiger partial charge on any atom is 0.242 e. The van der Waals surface area contributed by atoms with Gasteiger partial charge >= 0.3 is 0 Å². The van der Waals surface area contributed by atoms with Crippen LogP contribution in [0.1, 0.15) is 32.6 Å². The highest BCUT2D eigenvalue weighted by Gasteiger charge is 2.40. The molecule has 0 aromatic carbocycles. The smallest absolute Gasteiger partial charge is 0.242 e. The summed E-state index contributed by atoms with van der Waals surface area (Å²) >= 11 is 0. The molecule has 2 aliphatic rings. The van der Waals surface area contributed by atoms with E-state index in [1.54, 1.807) is 4.90 Å². The average Bonchev–Trinajstić information content (AvgIpc) is 2.45. The van der Waals surface area contributed by atoms with Crippen molar-refractivity contribution in [2.24, 2.45) is 0 Å². The number of nitrogens with zero attached hydrogens (tertiary/aromatic N) is 2. The van der Waals surface area contributed by atoms with E-state index in [1.807, 2.05) is 6.92 Å². The number of piperazine rings is 1. The number of hydrogen-bond acceptors (Lipinski definition) is 4. The van der Waals surface area contributed by atoms with E-state index in [9.17, 15) is 18.0 Å². The van der Waals surface area contributed by atoms with Crippen molar-refractivity contribution in [1.29, 1.82) is 0 Å². The van der Waals surface area contributed by atoms with E-state index in [4.69, 9.17) is 0 Å². The maximum atomic E-state index is 12.8. The van der Waals surface area contributed by atoms with Crippen molar-refractivity contribution in [3.05, 3.63) is 0 Å². The lowest BCUT2D eigenvalue weighted by Crippen LogP contribution is -2.61. The Morgan fingerprint density at radius 3 is 2.67 bits per heavy atom. The van der Waals surface area contributed by atoms with Gasteiger partial charge in [-0.1, -0.05) is 13.3 Å². The van der Waals surface area contributed by atoms with Crippen LogP contribution in [0.15, 0.2) is 0 Å². The van der Waals surface area contributed by atoms with Gasteiger partial charge in [-0.15, -0.1) is 0 Å². The monoisotopic (exact) mass is 317 g/mol. The Balaban J connectivity index is 2.22. The summed E-state index contributed by atoms with van der Waals surface area (Å²) in [5.41, 5.74) is 0. The Labute approximate surface area is 125 Å². The van der Waals surface area contributed by atoms with Crippen molar-refractivity contribution in [2.75, 3.05) is 25.9 Å². The van der Waals surface area contributed by atoms with Gasteiger partial charge in [-0.3, -0.25) is 9.59 Å². The van der Waals surface area contributed by atoms with E-state index in [0.717, 1.165) is 19.1 Å². The van der Waals surface area contributed by atoms with Crippen molar-refractivity contribution in [3.8, 4) is 0 Å². The lowest BCUT2D eigenvalue weighted by atomic mass is 10.0. The molecule has 0 spiro atoms. The molecule has 2 rings (SSSR count). The molecule has 1 N–H and O–H groups in total. The lowest BCUT2D eigenvalue weighted by molar-refractivity contribution is -0.146. The van der Waals surface area contributed by atoms with Crippen LogP contribution in [0.5, 0.6) is 0 Å². The minimum Gasteiger partial charge on any atom is -0.353 e. The zero-order chi connectivity index (χ0) is 15.6. The van der Waals surface area contributed by atoms with Crippen LogP contribution in [0.2, 0.25) is 0 Å². The standard InChI is InChI=1S/C13H23N3O4S/c1-3-10-12(17)14-7-9-15(10)13(18)11-6-4-5-8-16(11)21(2,19)20/h10-11H,3-9H2,1-2H3,(H,14,17). The van der Waals surface area contributed by atoms with Crippen molar-refractivity contribution >= 4 is 21.8 Å². The first-order valence-electron chi connectivity index (χ1n) is 7.41. The first-order valence-corrected chi connectivity index (χ1v) is 9.26. The molecule has 0 aliphatic carbocycles. The van der Waals surface area contributed by atoms with Crippen molar-refractivity contribution < 1.29 is 18.0 Å². The van der Waals surface area contributed by atoms with E-state index >= 15 is 0 Å². The Hall–Kier alpha value is -1.15. The van der Waals surface area contributed by atoms with E-state index < -0.39 is 22.1 Å². The van der Waals surface area contributed by atoms with Crippen LogP contribution in [0.3, 0.4) is 0 Å². The molecule has 7 nitrogen and oxygen atoms in total. The number of carbonyl (C=O) groups is 2. The molecule has 8 heteroatoms. The Bertz CT molecular complexity index is 520. The highest BCUT2D eigenvalue weighted by molar-refractivity contribution is 7.88. The molecule has 120 valence electrons. The molecule has 0 bridgehead atoms. The molecule has 0 aromatic heterocycles. The zero-order valence-corrected chi connectivity index (χ0v) is 13.4. The molecular formula is C13H23N3O4S. The third kappa shape index (κ3) is 3.37. The predicted octanol–water partition coefficient (Wildman–Crippen LogP) is -0.462. The van der Waals surface area contributed by atoms with Crippen LogP contribution in [-0.2, 0) is 19.6 Å². The summed E-state index contributed by atoms with van der Waals surface area (Å²) in [6, 6.07) is -1.15. The summed E-state index contributed by atoms with van der Waals surface area (Å²) in [7, 11) is -3.41. The van der Waals surface area contributed by atoms with Crippen LogP contribution in [0.25, 0.3) is 0 Å². The van der Waals surface area contributed by atoms with Gasteiger partial charge in [0.25, 0.3) is 0 Å². The topological polar surface area (TPSA) is 86.8 Å². The molecule has 0 radical (unpaired) electrons. The molecule has 2 amide bonds. The fraction of sp³-hybridized carbons (Fsp3) is 0.846. The molecule has 21 heavy (non-hydrogen) atoms. The van der Waals surface area contributed by atoms with E-state index in [2.05, 4.69) is 5.32 Å². The second-order valence-electron chi connectivity index (χ2n) is 5.63. The van der Waals surface area contributed by atoms with Gasteiger partial charge in [-0.05, 0) is 19.3 Å². The summed E-state index contributed by atoms with van der Waals surface area (Å²) in [5, 5.41) is 2.75. The fourth-order valence-corrected chi connectivity index (χ4v) is 4.24. The van der Waals surface area contributed by atoms with E-state index in [1.165, 1.54) is 4.31 Å². The summed E-state index contributed by atoms with van der Waals surface area (Å²) in [6.07, 6.45) is 3.80. The average molecular weight is 317 g/mol. The van der Waals surface area contributed by atoms with Gasteiger partial charge in [0, 0.05) is 19.6 Å². The first kappa shape index (κ1) is 16.2. The summed E-state index contributed by atoms with van der Waals surface area (Å²) in [6.45, 7) is 3.10. The highest BCUT2D eigenvalue weighted by Crippen LogP contribution is 2.23. The van der Waals surface area contributed by atoms with Gasteiger partial charge < -0.3 is 10.2 Å². The third-order valence-electron chi connectivity index (χ3n) is 4.17. The number of carbonyl (C=O) groups excluding carboxylic acids is 2. The fourth-order valence-electron chi connectivity index (χ4n) is 3.12. The first-order chi connectivity index (χ1) is 9.86. The maximum absolute atomic E-state index is 12.8. The molecule has 2 atom stereocenters. The van der Waals surface area contributed by atoms with Gasteiger partial charge in [0.2, 0.25) is 21.8 Å². The van der Waals surface area contributed by atoms with Crippen LogP contribution in [-0.4, -0.2) is 67.4 Å². The molecule has 0 saturated carbocycles.